The SMILES string of the molecule is COc1cccc(CNCCCc2ccccc2)c1. The summed E-state index contributed by atoms with van der Waals surface area (Å²) in [5.41, 5.74) is 2.67. The maximum atomic E-state index is 5.21. The minimum absolute atomic E-state index is 0.895. The molecule has 100 valence electrons. The summed E-state index contributed by atoms with van der Waals surface area (Å²) in [6, 6.07) is 18.8. The molecule has 2 nitrogen and oxygen atoms in total. The maximum absolute atomic E-state index is 5.21. The second-order valence-electron chi connectivity index (χ2n) is 4.62. The molecule has 0 aliphatic heterocycles. The van der Waals surface area contributed by atoms with Gasteiger partial charge in [-0.2, -0.15) is 0 Å². The van der Waals surface area contributed by atoms with Crippen LogP contribution in [0, 0.1) is 0 Å². The van der Waals surface area contributed by atoms with Crippen molar-refractivity contribution in [3.05, 3.63) is 65.7 Å². The molecule has 0 bridgehead atoms. The summed E-state index contributed by atoms with van der Waals surface area (Å²) in [6.45, 7) is 1.93. The Hall–Kier alpha value is -1.80. The van der Waals surface area contributed by atoms with Gasteiger partial charge in [0.1, 0.15) is 5.75 Å². The lowest BCUT2D eigenvalue weighted by molar-refractivity contribution is 0.414. The Balaban J connectivity index is 1.66. The van der Waals surface area contributed by atoms with Crippen molar-refractivity contribution < 1.29 is 4.74 Å². The van der Waals surface area contributed by atoms with Gasteiger partial charge in [-0.25, -0.2) is 0 Å². The van der Waals surface area contributed by atoms with Gasteiger partial charge < -0.3 is 10.1 Å². The molecule has 2 aromatic carbocycles. The molecule has 1 N–H and O–H groups in total. The van der Waals surface area contributed by atoms with Crippen molar-refractivity contribution in [3.8, 4) is 5.75 Å². The second-order valence-corrected chi connectivity index (χ2v) is 4.62. The highest BCUT2D eigenvalue weighted by Crippen LogP contribution is 2.12. The Morgan fingerprint density at radius 1 is 0.947 bits per heavy atom. The predicted octanol–water partition coefficient (Wildman–Crippen LogP) is 3.42. The van der Waals surface area contributed by atoms with E-state index in [4.69, 9.17) is 4.74 Å². The molecular formula is C17H21NO. The summed E-state index contributed by atoms with van der Waals surface area (Å²) in [6.07, 6.45) is 2.29. The average molecular weight is 255 g/mol. The van der Waals surface area contributed by atoms with Crippen molar-refractivity contribution in [2.75, 3.05) is 13.7 Å². The number of hydrogen-bond acceptors (Lipinski definition) is 2. The summed E-state index contributed by atoms with van der Waals surface area (Å²) in [5, 5.41) is 3.47. The van der Waals surface area contributed by atoms with Crippen LogP contribution >= 0.6 is 0 Å². The first kappa shape index (κ1) is 13.6. The Morgan fingerprint density at radius 2 is 1.74 bits per heavy atom. The topological polar surface area (TPSA) is 21.3 Å². The molecule has 0 aliphatic carbocycles. The third-order valence-corrected chi connectivity index (χ3v) is 3.13. The van der Waals surface area contributed by atoms with E-state index in [-0.39, 0.29) is 0 Å². The minimum Gasteiger partial charge on any atom is -0.497 e. The first-order valence-corrected chi connectivity index (χ1v) is 6.76. The molecule has 2 rings (SSSR count). The van der Waals surface area contributed by atoms with Crippen LogP contribution in [0.3, 0.4) is 0 Å². The van der Waals surface area contributed by atoms with Crippen molar-refractivity contribution in [1.82, 2.24) is 5.32 Å². The molecule has 0 spiro atoms. The number of rotatable bonds is 7. The molecule has 0 aliphatic rings. The normalized spacial score (nSPS) is 10.4. The van der Waals surface area contributed by atoms with Crippen LogP contribution in [0.2, 0.25) is 0 Å². The number of hydrogen-bond donors (Lipinski definition) is 1. The van der Waals surface area contributed by atoms with E-state index in [9.17, 15) is 0 Å². The Bertz CT molecular complexity index is 482. The van der Waals surface area contributed by atoms with Gasteiger partial charge in [0, 0.05) is 6.54 Å². The van der Waals surface area contributed by atoms with Crippen molar-refractivity contribution >= 4 is 0 Å². The molecule has 2 heteroatoms. The van der Waals surface area contributed by atoms with E-state index >= 15 is 0 Å². The van der Waals surface area contributed by atoms with E-state index < -0.39 is 0 Å². The maximum Gasteiger partial charge on any atom is 0.119 e. The molecule has 2 aromatic rings. The van der Waals surface area contributed by atoms with E-state index in [1.54, 1.807) is 7.11 Å². The molecule has 0 fully saturated rings. The fraction of sp³-hybridized carbons (Fsp3) is 0.294. The van der Waals surface area contributed by atoms with E-state index in [0.717, 1.165) is 31.7 Å². The van der Waals surface area contributed by atoms with Gasteiger partial charge in [0.15, 0.2) is 0 Å². The van der Waals surface area contributed by atoms with Gasteiger partial charge in [-0.15, -0.1) is 0 Å². The smallest absolute Gasteiger partial charge is 0.119 e. The molecule has 0 radical (unpaired) electrons. The van der Waals surface area contributed by atoms with E-state index in [1.807, 2.05) is 12.1 Å². The van der Waals surface area contributed by atoms with Crippen molar-refractivity contribution in [1.29, 1.82) is 0 Å². The molecule has 0 saturated heterocycles. The minimum atomic E-state index is 0.895. The summed E-state index contributed by atoms with van der Waals surface area (Å²) in [7, 11) is 1.70. The zero-order valence-electron chi connectivity index (χ0n) is 11.4. The van der Waals surface area contributed by atoms with Crippen LogP contribution in [-0.2, 0) is 13.0 Å². The van der Waals surface area contributed by atoms with Crippen molar-refractivity contribution in [2.24, 2.45) is 0 Å². The van der Waals surface area contributed by atoms with E-state index in [0.29, 0.717) is 0 Å². The van der Waals surface area contributed by atoms with Gasteiger partial charge in [0.25, 0.3) is 0 Å². The van der Waals surface area contributed by atoms with Gasteiger partial charge in [0.2, 0.25) is 0 Å². The average Bonchev–Trinajstić information content (AvgIpc) is 2.48. The zero-order valence-corrected chi connectivity index (χ0v) is 11.4. The van der Waals surface area contributed by atoms with Gasteiger partial charge in [-0.05, 0) is 42.6 Å². The van der Waals surface area contributed by atoms with Crippen LogP contribution < -0.4 is 10.1 Å². The van der Waals surface area contributed by atoms with Crippen molar-refractivity contribution in [3.63, 3.8) is 0 Å². The van der Waals surface area contributed by atoms with Gasteiger partial charge in [0.05, 0.1) is 7.11 Å². The quantitative estimate of drug-likeness (QED) is 0.765. The lowest BCUT2D eigenvalue weighted by Gasteiger charge is -2.06. The highest BCUT2D eigenvalue weighted by Gasteiger charge is 1.96. The monoisotopic (exact) mass is 255 g/mol. The molecule has 0 aromatic heterocycles. The van der Waals surface area contributed by atoms with Crippen LogP contribution in [0.5, 0.6) is 5.75 Å². The molecule has 0 unspecified atom stereocenters. The molecule has 19 heavy (non-hydrogen) atoms. The first-order valence-electron chi connectivity index (χ1n) is 6.76. The lowest BCUT2D eigenvalue weighted by atomic mass is 10.1. The molecule has 0 amide bonds. The highest BCUT2D eigenvalue weighted by atomic mass is 16.5. The highest BCUT2D eigenvalue weighted by molar-refractivity contribution is 5.28. The van der Waals surface area contributed by atoms with Crippen LogP contribution in [0.25, 0.3) is 0 Å². The third kappa shape index (κ3) is 4.76. The zero-order chi connectivity index (χ0) is 13.3. The summed E-state index contributed by atoms with van der Waals surface area (Å²) in [5.74, 6) is 0.920. The molecule has 0 heterocycles. The lowest BCUT2D eigenvalue weighted by Crippen LogP contribution is -2.15. The molecule has 0 atom stereocenters. The van der Waals surface area contributed by atoms with E-state index in [1.165, 1.54) is 11.1 Å². The first-order chi connectivity index (χ1) is 9.38. The third-order valence-electron chi connectivity index (χ3n) is 3.13. The standard InChI is InChI=1S/C17H21NO/c1-19-17-11-5-9-16(13-17)14-18-12-6-10-15-7-3-2-4-8-15/h2-5,7-9,11,13,18H,6,10,12,14H2,1H3. The van der Waals surface area contributed by atoms with Crippen LogP contribution in [0.1, 0.15) is 17.5 Å². The van der Waals surface area contributed by atoms with Crippen LogP contribution in [0.15, 0.2) is 54.6 Å². The van der Waals surface area contributed by atoms with Gasteiger partial charge in [-0.1, -0.05) is 42.5 Å². The Kier molecular flexibility index (Phi) is 5.45. The fourth-order valence-electron chi connectivity index (χ4n) is 2.08. The Morgan fingerprint density at radius 3 is 2.53 bits per heavy atom. The number of nitrogens with one attached hydrogen (secondary N) is 1. The van der Waals surface area contributed by atoms with E-state index in [2.05, 4.69) is 47.8 Å². The molecule has 0 saturated carbocycles. The second kappa shape index (κ2) is 7.59. The molecular weight excluding hydrogens is 234 g/mol. The van der Waals surface area contributed by atoms with Crippen LogP contribution in [0.4, 0.5) is 0 Å². The van der Waals surface area contributed by atoms with Gasteiger partial charge >= 0.3 is 0 Å². The Labute approximate surface area is 115 Å². The number of aryl methyl sites for hydroxylation is 1. The largest absolute Gasteiger partial charge is 0.497 e. The number of ether oxygens (including phenoxy) is 1. The number of benzene rings is 2. The van der Waals surface area contributed by atoms with Crippen molar-refractivity contribution in [2.45, 2.75) is 19.4 Å². The number of methoxy groups -OCH3 is 1. The summed E-state index contributed by atoms with van der Waals surface area (Å²) < 4.78 is 5.21. The summed E-state index contributed by atoms with van der Waals surface area (Å²) in [4.78, 5) is 0. The summed E-state index contributed by atoms with van der Waals surface area (Å²) >= 11 is 0. The van der Waals surface area contributed by atoms with Gasteiger partial charge in [-0.3, -0.25) is 0 Å². The fourth-order valence-corrected chi connectivity index (χ4v) is 2.08. The van der Waals surface area contributed by atoms with Crippen LogP contribution in [-0.4, -0.2) is 13.7 Å². The predicted molar refractivity (Wildman–Crippen MR) is 79.5 cm³/mol.